The van der Waals surface area contributed by atoms with Gasteiger partial charge in [-0.25, -0.2) is 4.68 Å². The summed E-state index contributed by atoms with van der Waals surface area (Å²) in [7, 11) is 1.40. The largest absolute Gasteiger partial charge is 0.469 e. The first-order chi connectivity index (χ1) is 17.0. The number of carbonyl (C=O) groups excluding carboxylic acids is 2. The number of amides is 1. The zero-order valence-electron chi connectivity index (χ0n) is 20.9. The van der Waals surface area contributed by atoms with E-state index < -0.39 is 0 Å². The average molecular weight is 485 g/mol. The van der Waals surface area contributed by atoms with E-state index in [0.717, 1.165) is 68.6 Å². The number of methoxy groups -OCH3 is 1. The molecule has 1 amide bonds. The summed E-state index contributed by atoms with van der Waals surface area (Å²) in [6.07, 6.45) is 1.93. The second-order valence-corrected chi connectivity index (χ2v) is 9.23. The number of esters is 1. The van der Waals surface area contributed by atoms with Crippen LogP contribution < -0.4 is 5.32 Å². The topological polar surface area (TPSA) is 94.9 Å². The normalized spacial score (nSPS) is 19.5. The van der Waals surface area contributed by atoms with E-state index in [-0.39, 0.29) is 17.9 Å². The predicted octanol–water partition coefficient (Wildman–Crippen LogP) is 2.06. The standard InChI is InChI=1S/C26H36N4O5/c1-18-23(8-9-25(31)33-3)19(2)30(28-18)22-6-4-20(5-7-22)26(32)27-16-24(21-10-13-35-17-21)29-11-14-34-15-12-29/h4-7,21,24H,8-17H2,1-3H3,(H,27,32). The van der Waals surface area contributed by atoms with Crippen molar-refractivity contribution in [2.75, 3.05) is 53.2 Å². The molecule has 2 fully saturated rings. The summed E-state index contributed by atoms with van der Waals surface area (Å²) in [5.41, 5.74) is 4.40. The quantitative estimate of drug-likeness (QED) is 0.545. The summed E-state index contributed by atoms with van der Waals surface area (Å²) < 4.78 is 17.8. The lowest BCUT2D eigenvalue weighted by atomic mass is 9.96. The minimum Gasteiger partial charge on any atom is -0.469 e. The number of aryl methyl sites for hydroxylation is 1. The Balaban J connectivity index is 1.40. The first-order valence-electron chi connectivity index (χ1n) is 12.4. The zero-order valence-corrected chi connectivity index (χ0v) is 20.9. The lowest BCUT2D eigenvalue weighted by Gasteiger charge is -2.37. The van der Waals surface area contributed by atoms with Crippen molar-refractivity contribution in [3.63, 3.8) is 0 Å². The summed E-state index contributed by atoms with van der Waals surface area (Å²) in [5, 5.41) is 7.80. The van der Waals surface area contributed by atoms with Crippen molar-refractivity contribution in [1.82, 2.24) is 20.0 Å². The van der Waals surface area contributed by atoms with Crippen molar-refractivity contribution in [1.29, 1.82) is 0 Å². The van der Waals surface area contributed by atoms with Crippen LogP contribution in [0.25, 0.3) is 5.69 Å². The van der Waals surface area contributed by atoms with Crippen molar-refractivity contribution in [2.45, 2.75) is 39.2 Å². The van der Waals surface area contributed by atoms with Gasteiger partial charge in [0.25, 0.3) is 5.91 Å². The monoisotopic (exact) mass is 484 g/mol. The molecule has 1 aromatic heterocycles. The summed E-state index contributed by atoms with van der Waals surface area (Å²) in [6.45, 7) is 9.30. The van der Waals surface area contributed by atoms with Crippen molar-refractivity contribution in [3.8, 4) is 5.69 Å². The molecule has 4 rings (SSSR count). The van der Waals surface area contributed by atoms with Gasteiger partial charge in [0, 0.05) is 55.9 Å². The van der Waals surface area contributed by atoms with E-state index in [0.29, 0.717) is 30.9 Å². The molecule has 2 aliphatic rings. The fourth-order valence-corrected chi connectivity index (χ4v) is 5.03. The molecule has 0 bridgehead atoms. The van der Waals surface area contributed by atoms with Crippen molar-refractivity contribution in [3.05, 3.63) is 46.8 Å². The minimum absolute atomic E-state index is 0.0825. The summed E-state index contributed by atoms with van der Waals surface area (Å²) in [6, 6.07) is 7.73. The maximum Gasteiger partial charge on any atom is 0.305 e. The Morgan fingerprint density at radius 3 is 2.54 bits per heavy atom. The van der Waals surface area contributed by atoms with Crippen molar-refractivity contribution >= 4 is 11.9 Å². The van der Waals surface area contributed by atoms with Gasteiger partial charge in [-0.2, -0.15) is 5.10 Å². The highest BCUT2D eigenvalue weighted by molar-refractivity contribution is 5.94. The van der Waals surface area contributed by atoms with Gasteiger partial charge in [0.2, 0.25) is 0 Å². The van der Waals surface area contributed by atoms with E-state index in [4.69, 9.17) is 14.2 Å². The van der Waals surface area contributed by atoms with E-state index in [1.54, 1.807) is 0 Å². The van der Waals surface area contributed by atoms with Crippen LogP contribution in [0.5, 0.6) is 0 Å². The molecular formula is C26H36N4O5. The Morgan fingerprint density at radius 1 is 1.14 bits per heavy atom. The Bertz CT molecular complexity index is 1010. The molecule has 35 heavy (non-hydrogen) atoms. The predicted molar refractivity (Wildman–Crippen MR) is 131 cm³/mol. The molecule has 2 aromatic rings. The lowest BCUT2D eigenvalue weighted by molar-refractivity contribution is -0.140. The maximum atomic E-state index is 12.9. The maximum absolute atomic E-state index is 12.9. The molecule has 2 saturated heterocycles. The Hall–Kier alpha value is -2.75. The molecule has 2 unspecified atom stereocenters. The van der Waals surface area contributed by atoms with Crippen LogP contribution in [0, 0.1) is 19.8 Å². The number of aromatic nitrogens is 2. The van der Waals surface area contributed by atoms with Gasteiger partial charge in [0.05, 0.1) is 38.3 Å². The highest BCUT2D eigenvalue weighted by atomic mass is 16.5. The van der Waals surface area contributed by atoms with Crippen LogP contribution >= 0.6 is 0 Å². The second kappa shape index (κ2) is 11.8. The molecule has 1 aromatic carbocycles. The molecule has 3 heterocycles. The number of benzene rings is 1. The molecule has 9 heteroatoms. The van der Waals surface area contributed by atoms with Gasteiger partial charge in [0.15, 0.2) is 0 Å². The molecule has 0 spiro atoms. The molecular weight excluding hydrogens is 448 g/mol. The molecule has 9 nitrogen and oxygen atoms in total. The zero-order chi connectivity index (χ0) is 24.8. The van der Waals surface area contributed by atoms with E-state index >= 15 is 0 Å². The highest BCUT2D eigenvalue weighted by Crippen LogP contribution is 2.23. The van der Waals surface area contributed by atoms with Gasteiger partial charge in [-0.15, -0.1) is 0 Å². The highest BCUT2D eigenvalue weighted by Gasteiger charge is 2.31. The smallest absolute Gasteiger partial charge is 0.305 e. The van der Waals surface area contributed by atoms with Crippen molar-refractivity contribution in [2.24, 2.45) is 5.92 Å². The van der Waals surface area contributed by atoms with E-state index in [9.17, 15) is 9.59 Å². The van der Waals surface area contributed by atoms with E-state index in [1.165, 1.54) is 7.11 Å². The van der Waals surface area contributed by atoms with Gasteiger partial charge in [-0.05, 0) is 56.5 Å². The Labute approximate surface area is 206 Å². The van der Waals surface area contributed by atoms with Crippen LogP contribution in [0.3, 0.4) is 0 Å². The van der Waals surface area contributed by atoms with Crippen LogP contribution in [0.2, 0.25) is 0 Å². The number of rotatable bonds is 9. The average Bonchev–Trinajstić information content (AvgIpc) is 3.51. The molecule has 0 aliphatic carbocycles. The number of ether oxygens (including phenoxy) is 3. The third-order valence-corrected chi connectivity index (χ3v) is 7.12. The summed E-state index contributed by atoms with van der Waals surface area (Å²) >= 11 is 0. The Kier molecular flexibility index (Phi) is 8.54. The Morgan fingerprint density at radius 2 is 1.89 bits per heavy atom. The molecule has 2 atom stereocenters. The van der Waals surface area contributed by atoms with Gasteiger partial charge in [-0.1, -0.05) is 0 Å². The fourth-order valence-electron chi connectivity index (χ4n) is 5.03. The third-order valence-electron chi connectivity index (χ3n) is 7.12. The molecule has 0 radical (unpaired) electrons. The number of nitrogens with one attached hydrogen (secondary N) is 1. The molecule has 2 aliphatic heterocycles. The van der Waals surface area contributed by atoms with Gasteiger partial charge < -0.3 is 19.5 Å². The molecule has 1 N–H and O–H groups in total. The van der Waals surface area contributed by atoms with Gasteiger partial charge >= 0.3 is 5.97 Å². The lowest BCUT2D eigenvalue weighted by Crippen LogP contribution is -2.52. The van der Waals surface area contributed by atoms with Crippen LogP contribution in [0.1, 0.15) is 40.2 Å². The number of hydrogen-bond donors (Lipinski definition) is 1. The first kappa shape index (κ1) is 25.3. The summed E-state index contributed by atoms with van der Waals surface area (Å²) in [5.74, 6) is 0.110. The van der Waals surface area contributed by atoms with Crippen LogP contribution in [0.15, 0.2) is 24.3 Å². The summed E-state index contributed by atoms with van der Waals surface area (Å²) in [4.78, 5) is 26.9. The molecule has 0 saturated carbocycles. The minimum atomic E-state index is -0.233. The SMILES string of the molecule is COC(=O)CCc1c(C)nn(-c2ccc(C(=O)NCC(C3CCOC3)N3CCOCC3)cc2)c1C. The van der Waals surface area contributed by atoms with Gasteiger partial charge in [0.1, 0.15) is 0 Å². The van der Waals surface area contributed by atoms with E-state index in [1.807, 2.05) is 42.8 Å². The van der Waals surface area contributed by atoms with Crippen LogP contribution in [-0.4, -0.2) is 85.8 Å². The van der Waals surface area contributed by atoms with Crippen molar-refractivity contribution < 1.29 is 23.8 Å². The van der Waals surface area contributed by atoms with Crippen LogP contribution in [0.4, 0.5) is 0 Å². The third kappa shape index (κ3) is 6.09. The second-order valence-electron chi connectivity index (χ2n) is 9.23. The first-order valence-corrected chi connectivity index (χ1v) is 12.4. The number of morpholine rings is 1. The van der Waals surface area contributed by atoms with Gasteiger partial charge in [-0.3, -0.25) is 14.5 Å². The number of hydrogen-bond acceptors (Lipinski definition) is 7. The number of nitrogens with zero attached hydrogens (tertiary/aromatic N) is 3. The molecule has 190 valence electrons. The van der Waals surface area contributed by atoms with Crippen LogP contribution in [-0.2, 0) is 25.4 Å². The number of carbonyl (C=O) groups is 2. The van der Waals surface area contributed by atoms with E-state index in [2.05, 4.69) is 15.3 Å². The fraction of sp³-hybridized carbons (Fsp3) is 0.577.